The Kier molecular flexibility index (Phi) is 5.17. The predicted molar refractivity (Wildman–Crippen MR) is 102 cm³/mol. The molecule has 4 heterocycles. The number of rotatable bonds is 6. The fourth-order valence-electron chi connectivity index (χ4n) is 4.29. The fourth-order valence-corrected chi connectivity index (χ4v) is 4.95. The molecule has 0 saturated carbocycles. The van der Waals surface area contributed by atoms with E-state index in [1.165, 1.54) is 38.0 Å². The van der Waals surface area contributed by atoms with E-state index in [1.54, 1.807) is 11.3 Å². The maximum Gasteiger partial charge on any atom is 0.0731 e. The van der Waals surface area contributed by atoms with Crippen LogP contribution < -0.4 is 0 Å². The van der Waals surface area contributed by atoms with Gasteiger partial charge in [-0.2, -0.15) is 11.3 Å². The average Bonchev–Trinajstić information content (AvgIpc) is 3.10. The van der Waals surface area contributed by atoms with Crippen LogP contribution in [0.15, 0.2) is 41.4 Å². The molecule has 2 saturated heterocycles. The highest BCUT2D eigenvalue weighted by atomic mass is 32.1. The van der Waals surface area contributed by atoms with Crippen molar-refractivity contribution >= 4 is 11.3 Å². The van der Waals surface area contributed by atoms with E-state index in [0.717, 1.165) is 18.7 Å². The van der Waals surface area contributed by atoms with Crippen molar-refractivity contribution in [3.8, 4) is 0 Å². The molecule has 0 aromatic carbocycles. The largest absolute Gasteiger partial charge is 0.376 e. The molecule has 0 radical (unpaired) electrons. The van der Waals surface area contributed by atoms with Gasteiger partial charge in [0.1, 0.15) is 0 Å². The number of likely N-dealkylation sites (tertiary alicyclic amines) is 2. The SMILES string of the molecule is CN1CC[C@H](COCc2cccnc2)CC12CN(Cc1ccsc1)C2. The summed E-state index contributed by atoms with van der Waals surface area (Å²) < 4.78 is 6.00. The number of hydrogen-bond acceptors (Lipinski definition) is 5. The Morgan fingerprint density at radius 2 is 2.24 bits per heavy atom. The van der Waals surface area contributed by atoms with Crippen LogP contribution in [0.4, 0.5) is 0 Å². The minimum atomic E-state index is 0.372. The first-order valence-corrected chi connectivity index (χ1v) is 10.1. The summed E-state index contributed by atoms with van der Waals surface area (Å²) >= 11 is 1.79. The topological polar surface area (TPSA) is 28.6 Å². The summed E-state index contributed by atoms with van der Waals surface area (Å²) in [6.07, 6.45) is 6.21. The van der Waals surface area contributed by atoms with Gasteiger partial charge in [-0.25, -0.2) is 0 Å². The number of hydrogen-bond donors (Lipinski definition) is 0. The van der Waals surface area contributed by atoms with E-state index in [2.05, 4.69) is 44.7 Å². The van der Waals surface area contributed by atoms with Gasteiger partial charge in [0.05, 0.1) is 6.61 Å². The average molecular weight is 358 g/mol. The first-order valence-electron chi connectivity index (χ1n) is 9.15. The monoisotopic (exact) mass is 357 g/mol. The maximum absolute atomic E-state index is 6.00. The predicted octanol–water partition coefficient (Wildman–Crippen LogP) is 3.26. The number of piperidine rings is 1. The molecule has 2 aromatic rings. The smallest absolute Gasteiger partial charge is 0.0731 e. The highest BCUT2D eigenvalue weighted by Gasteiger charge is 2.49. The van der Waals surface area contributed by atoms with E-state index in [1.807, 2.05) is 18.5 Å². The minimum Gasteiger partial charge on any atom is -0.376 e. The van der Waals surface area contributed by atoms with E-state index < -0.39 is 0 Å². The van der Waals surface area contributed by atoms with E-state index in [4.69, 9.17) is 4.74 Å². The summed E-state index contributed by atoms with van der Waals surface area (Å²) in [4.78, 5) is 9.33. The van der Waals surface area contributed by atoms with Crippen LogP contribution in [0.25, 0.3) is 0 Å². The summed E-state index contributed by atoms with van der Waals surface area (Å²) in [5.41, 5.74) is 2.99. The second-order valence-corrected chi connectivity index (χ2v) is 8.44. The highest BCUT2D eigenvalue weighted by molar-refractivity contribution is 7.07. The third-order valence-corrected chi connectivity index (χ3v) is 6.45. The summed E-state index contributed by atoms with van der Waals surface area (Å²) in [6, 6.07) is 6.30. The van der Waals surface area contributed by atoms with Gasteiger partial charge in [0.15, 0.2) is 0 Å². The van der Waals surface area contributed by atoms with Crippen molar-refractivity contribution < 1.29 is 4.74 Å². The van der Waals surface area contributed by atoms with Crippen LogP contribution in [-0.2, 0) is 17.9 Å². The molecule has 2 aliphatic heterocycles. The van der Waals surface area contributed by atoms with Crippen LogP contribution >= 0.6 is 11.3 Å². The summed E-state index contributed by atoms with van der Waals surface area (Å²) in [5.74, 6) is 0.677. The van der Waals surface area contributed by atoms with E-state index in [-0.39, 0.29) is 0 Å². The van der Waals surface area contributed by atoms with Gasteiger partial charge < -0.3 is 4.74 Å². The van der Waals surface area contributed by atoms with E-state index in [0.29, 0.717) is 18.1 Å². The molecule has 1 atom stereocenters. The highest BCUT2D eigenvalue weighted by Crippen LogP contribution is 2.39. The third-order valence-electron chi connectivity index (χ3n) is 5.72. The normalized spacial score (nSPS) is 23.6. The summed E-state index contributed by atoms with van der Waals surface area (Å²) in [7, 11) is 2.30. The van der Waals surface area contributed by atoms with Crippen molar-refractivity contribution in [3.05, 3.63) is 52.5 Å². The lowest BCUT2D eigenvalue weighted by molar-refractivity contribution is -0.0935. The molecule has 0 bridgehead atoms. The molecule has 0 unspecified atom stereocenters. The van der Waals surface area contributed by atoms with Crippen molar-refractivity contribution in [1.29, 1.82) is 0 Å². The molecule has 1 spiro atoms. The van der Waals surface area contributed by atoms with Crippen molar-refractivity contribution in [2.45, 2.75) is 31.5 Å². The quantitative estimate of drug-likeness (QED) is 0.793. The fraction of sp³-hybridized carbons (Fsp3) is 0.550. The Bertz CT molecular complexity index is 655. The van der Waals surface area contributed by atoms with E-state index in [9.17, 15) is 0 Å². The molecule has 2 aromatic heterocycles. The van der Waals surface area contributed by atoms with Crippen molar-refractivity contribution in [2.24, 2.45) is 5.92 Å². The molecule has 2 aliphatic rings. The molecule has 134 valence electrons. The van der Waals surface area contributed by atoms with Gasteiger partial charge in [0, 0.05) is 44.2 Å². The van der Waals surface area contributed by atoms with Crippen LogP contribution in [0.1, 0.15) is 24.0 Å². The molecule has 25 heavy (non-hydrogen) atoms. The zero-order valence-electron chi connectivity index (χ0n) is 14.9. The van der Waals surface area contributed by atoms with Crippen molar-refractivity contribution in [2.75, 3.05) is 33.3 Å². The number of pyridine rings is 1. The van der Waals surface area contributed by atoms with Gasteiger partial charge in [-0.15, -0.1) is 0 Å². The minimum absolute atomic E-state index is 0.372. The third kappa shape index (κ3) is 3.95. The first-order chi connectivity index (χ1) is 12.2. The van der Waals surface area contributed by atoms with Crippen LogP contribution in [0.5, 0.6) is 0 Å². The molecule has 4 nitrogen and oxygen atoms in total. The standard InChI is InChI=1S/C20H27N3OS/c1-22-7-4-17(12-24-13-18-3-2-6-21-10-18)9-20(22)15-23(16-20)11-19-5-8-25-14-19/h2-3,5-6,8,10,14,17H,4,7,9,11-13,15-16H2,1H3/t17-/m0/s1. The molecule has 4 rings (SSSR count). The molecule has 0 amide bonds. The molecule has 0 N–H and O–H groups in total. The van der Waals surface area contributed by atoms with Gasteiger partial charge >= 0.3 is 0 Å². The number of likely N-dealkylation sites (N-methyl/N-ethyl adjacent to an activating group) is 1. The molecular formula is C20H27N3OS. The van der Waals surface area contributed by atoms with E-state index >= 15 is 0 Å². The lowest BCUT2D eigenvalue weighted by Gasteiger charge is -2.58. The van der Waals surface area contributed by atoms with Gasteiger partial charge in [-0.3, -0.25) is 14.8 Å². The molecule has 5 heteroatoms. The van der Waals surface area contributed by atoms with Crippen molar-refractivity contribution in [3.63, 3.8) is 0 Å². The van der Waals surface area contributed by atoms with Gasteiger partial charge in [-0.05, 0) is 66.4 Å². The lowest BCUT2D eigenvalue weighted by atomic mass is 9.75. The Morgan fingerprint density at radius 1 is 1.32 bits per heavy atom. The zero-order valence-corrected chi connectivity index (χ0v) is 15.8. The number of nitrogens with zero attached hydrogens (tertiary/aromatic N) is 3. The first kappa shape index (κ1) is 17.2. The molecule has 0 aliphatic carbocycles. The van der Waals surface area contributed by atoms with Gasteiger partial charge in [-0.1, -0.05) is 6.07 Å². The Balaban J connectivity index is 1.26. The van der Waals surface area contributed by atoms with Crippen LogP contribution in [0.3, 0.4) is 0 Å². The Labute approximate surface area is 154 Å². The molecule has 2 fully saturated rings. The number of thiophene rings is 1. The molecular weight excluding hydrogens is 330 g/mol. The summed E-state index contributed by atoms with van der Waals surface area (Å²) in [6.45, 7) is 6.22. The van der Waals surface area contributed by atoms with Gasteiger partial charge in [0.25, 0.3) is 0 Å². The van der Waals surface area contributed by atoms with Crippen molar-refractivity contribution in [1.82, 2.24) is 14.8 Å². The second-order valence-electron chi connectivity index (χ2n) is 7.66. The lowest BCUT2D eigenvalue weighted by Crippen LogP contribution is -2.71. The van der Waals surface area contributed by atoms with Gasteiger partial charge in [0.2, 0.25) is 0 Å². The van der Waals surface area contributed by atoms with Crippen LogP contribution in [-0.4, -0.2) is 53.6 Å². The number of aromatic nitrogens is 1. The van der Waals surface area contributed by atoms with Crippen LogP contribution in [0.2, 0.25) is 0 Å². The summed E-state index contributed by atoms with van der Waals surface area (Å²) in [5, 5.41) is 4.44. The Morgan fingerprint density at radius 3 is 3.00 bits per heavy atom. The second kappa shape index (κ2) is 7.54. The zero-order chi connectivity index (χ0) is 17.1. The number of ether oxygens (including phenoxy) is 1. The Hall–Kier alpha value is -1.27. The van der Waals surface area contributed by atoms with Crippen LogP contribution in [0, 0.1) is 5.92 Å². The maximum atomic E-state index is 6.00.